The SMILES string of the molecule is C=CCOc1cc(OCC=C)c(C(=O)c2ccc(SC)cc2)c(CC(=O)N(CCO)CCOC)c1CC. The van der Waals surface area contributed by atoms with Crippen LogP contribution in [-0.2, 0) is 22.4 Å². The number of amides is 1. The molecule has 0 saturated carbocycles. The van der Waals surface area contributed by atoms with Gasteiger partial charge in [0.1, 0.15) is 24.7 Å². The van der Waals surface area contributed by atoms with Crippen LogP contribution in [0.4, 0.5) is 0 Å². The minimum Gasteiger partial charge on any atom is -0.489 e. The largest absolute Gasteiger partial charge is 0.489 e. The Hall–Kier alpha value is -3.07. The molecule has 2 rings (SSSR count). The average Bonchev–Trinajstić information content (AvgIpc) is 2.92. The van der Waals surface area contributed by atoms with E-state index in [1.807, 2.05) is 25.3 Å². The van der Waals surface area contributed by atoms with Crippen LogP contribution in [0.25, 0.3) is 0 Å². The van der Waals surface area contributed by atoms with Crippen molar-refractivity contribution < 1.29 is 28.9 Å². The molecule has 2 aromatic carbocycles. The van der Waals surface area contributed by atoms with Crippen molar-refractivity contribution in [3.63, 3.8) is 0 Å². The van der Waals surface area contributed by atoms with E-state index in [0.29, 0.717) is 47.8 Å². The molecule has 7 nitrogen and oxygen atoms in total. The third kappa shape index (κ3) is 8.21. The van der Waals surface area contributed by atoms with Crippen molar-refractivity contribution in [1.82, 2.24) is 4.90 Å². The van der Waals surface area contributed by atoms with E-state index in [1.54, 1.807) is 49.2 Å². The van der Waals surface area contributed by atoms with Crippen LogP contribution < -0.4 is 9.47 Å². The summed E-state index contributed by atoms with van der Waals surface area (Å²) in [6.07, 6.45) is 5.67. The molecule has 0 saturated heterocycles. The molecular weight excluding hydrogens is 490 g/mol. The molecule has 0 unspecified atom stereocenters. The molecular formula is C29H37NO6S. The van der Waals surface area contributed by atoms with Crippen LogP contribution in [0, 0.1) is 0 Å². The van der Waals surface area contributed by atoms with Crippen molar-refractivity contribution >= 4 is 23.5 Å². The van der Waals surface area contributed by atoms with Gasteiger partial charge in [-0.2, -0.15) is 0 Å². The first-order valence-electron chi connectivity index (χ1n) is 12.2. The summed E-state index contributed by atoms with van der Waals surface area (Å²) in [5.74, 6) is 0.376. The molecule has 37 heavy (non-hydrogen) atoms. The number of aliphatic hydroxyl groups is 1. The Kier molecular flexibility index (Phi) is 13.0. The first kappa shape index (κ1) is 30.2. The minimum absolute atomic E-state index is 0.0629. The van der Waals surface area contributed by atoms with E-state index >= 15 is 0 Å². The average molecular weight is 528 g/mol. The van der Waals surface area contributed by atoms with E-state index < -0.39 is 0 Å². The van der Waals surface area contributed by atoms with Gasteiger partial charge >= 0.3 is 0 Å². The van der Waals surface area contributed by atoms with Crippen LogP contribution in [-0.4, -0.2) is 74.6 Å². The zero-order chi connectivity index (χ0) is 27.2. The molecule has 0 aliphatic carbocycles. The van der Waals surface area contributed by atoms with Crippen molar-refractivity contribution in [2.75, 3.05) is 52.9 Å². The molecule has 1 amide bonds. The molecule has 0 radical (unpaired) electrons. The Balaban J connectivity index is 2.73. The monoisotopic (exact) mass is 527 g/mol. The van der Waals surface area contributed by atoms with E-state index in [-0.39, 0.29) is 44.5 Å². The fraction of sp³-hybridized carbons (Fsp3) is 0.379. The van der Waals surface area contributed by atoms with Crippen molar-refractivity contribution in [1.29, 1.82) is 0 Å². The van der Waals surface area contributed by atoms with Crippen LogP contribution in [0.3, 0.4) is 0 Å². The van der Waals surface area contributed by atoms with Gasteiger partial charge in [-0.3, -0.25) is 9.59 Å². The Labute approximate surface area is 224 Å². The summed E-state index contributed by atoms with van der Waals surface area (Å²) in [5.41, 5.74) is 2.11. The highest BCUT2D eigenvalue weighted by atomic mass is 32.2. The Bertz CT molecular complexity index is 1070. The maximum atomic E-state index is 13.9. The van der Waals surface area contributed by atoms with Gasteiger partial charge in [-0.1, -0.05) is 32.2 Å². The molecule has 1 N–H and O–H groups in total. The molecule has 0 aliphatic heterocycles. The third-order valence-electron chi connectivity index (χ3n) is 5.73. The standard InChI is InChI=1S/C29H37NO6S/c1-6-16-35-25-20-26(36-17-7-2)28(29(33)21-9-11-22(37-5)12-10-21)24(23(25)8-3)19-27(32)30(13-15-31)14-18-34-4/h6-7,9-12,20,31H,1-2,8,13-19H2,3-5H3. The number of benzene rings is 2. The fourth-order valence-corrected chi connectivity index (χ4v) is 4.34. The van der Waals surface area contributed by atoms with Gasteiger partial charge in [0.25, 0.3) is 0 Å². The van der Waals surface area contributed by atoms with Crippen molar-refractivity contribution in [2.45, 2.75) is 24.7 Å². The Morgan fingerprint density at radius 3 is 2.22 bits per heavy atom. The highest BCUT2D eigenvalue weighted by Crippen LogP contribution is 2.37. The second kappa shape index (κ2) is 15.9. The van der Waals surface area contributed by atoms with E-state index in [0.717, 1.165) is 10.5 Å². The minimum atomic E-state index is -0.245. The number of thioether (sulfide) groups is 1. The number of aliphatic hydroxyl groups excluding tert-OH is 1. The Morgan fingerprint density at radius 2 is 1.68 bits per heavy atom. The predicted octanol–water partition coefficient (Wildman–Crippen LogP) is 4.34. The number of rotatable bonds is 17. The summed E-state index contributed by atoms with van der Waals surface area (Å²) in [7, 11) is 1.56. The quantitative estimate of drug-likeness (QED) is 0.186. The topological polar surface area (TPSA) is 85.3 Å². The number of hydrogen-bond donors (Lipinski definition) is 1. The predicted molar refractivity (Wildman–Crippen MR) is 148 cm³/mol. The summed E-state index contributed by atoms with van der Waals surface area (Å²) in [6, 6.07) is 9.05. The van der Waals surface area contributed by atoms with Gasteiger partial charge in [0.2, 0.25) is 5.91 Å². The van der Waals surface area contributed by atoms with E-state index in [2.05, 4.69) is 13.2 Å². The van der Waals surface area contributed by atoms with E-state index in [4.69, 9.17) is 14.2 Å². The van der Waals surface area contributed by atoms with Crippen molar-refractivity contribution in [2.24, 2.45) is 0 Å². The van der Waals surface area contributed by atoms with Crippen molar-refractivity contribution in [3.05, 3.63) is 77.9 Å². The van der Waals surface area contributed by atoms with E-state index in [9.17, 15) is 14.7 Å². The second-order valence-corrected chi connectivity index (χ2v) is 8.97. The van der Waals surface area contributed by atoms with Gasteiger partial charge in [0, 0.05) is 36.7 Å². The number of ketones is 1. The zero-order valence-corrected chi connectivity index (χ0v) is 22.8. The van der Waals surface area contributed by atoms with Gasteiger partial charge in [-0.05, 0) is 48.1 Å². The summed E-state index contributed by atoms with van der Waals surface area (Å²) in [4.78, 5) is 30.0. The first-order valence-corrected chi connectivity index (χ1v) is 13.4. The van der Waals surface area contributed by atoms with Crippen LogP contribution >= 0.6 is 11.8 Å². The maximum absolute atomic E-state index is 13.9. The molecule has 200 valence electrons. The Morgan fingerprint density at radius 1 is 1.03 bits per heavy atom. The molecule has 0 heterocycles. The molecule has 0 aromatic heterocycles. The summed E-state index contributed by atoms with van der Waals surface area (Å²) in [6.45, 7) is 10.5. The van der Waals surface area contributed by atoms with Gasteiger partial charge in [-0.15, -0.1) is 11.8 Å². The lowest BCUT2D eigenvalue weighted by molar-refractivity contribution is -0.131. The first-order chi connectivity index (χ1) is 17.9. The summed E-state index contributed by atoms with van der Waals surface area (Å²) < 4.78 is 17.0. The lowest BCUT2D eigenvalue weighted by atomic mass is 9.89. The highest BCUT2D eigenvalue weighted by Gasteiger charge is 2.28. The molecule has 8 heteroatoms. The third-order valence-corrected chi connectivity index (χ3v) is 6.48. The number of nitrogens with zero attached hydrogens (tertiary/aromatic N) is 1. The second-order valence-electron chi connectivity index (χ2n) is 8.09. The van der Waals surface area contributed by atoms with Gasteiger partial charge in [0.05, 0.1) is 25.2 Å². The van der Waals surface area contributed by atoms with Crippen LogP contribution in [0.1, 0.15) is 34.0 Å². The molecule has 2 aromatic rings. The maximum Gasteiger partial charge on any atom is 0.227 e. The normalized spacial score (nSPS) is 10.6. The molecule has 0 aliphatic rings. The van der Waals surface area contributed by atoms with Gasteiger partial charge < -0.3 is 24.2 Å². The number of carbonyl (C=O) groups excluding carboxylic acids is 2. The fourth-order valence-electron chi connectivity index (χ4n) is 3.93. The van der Waals surface area contributed by atoms with Crippen molar-refractivity contribution in [3.8, 4) is 11.5 Å². The zero-order valence-electron chi connectivity index (χ0n) is 22.0. The number of ether oxygens (including phenoxy) is 3. The molecule has 0 bridgehead atoms. The number of methoxy groups -OCH3 is 1. The lowest BCUT2D eigenvalue weighted by Crippen LogP contribution is -2.37. The summed E-state index contributed by atoms with van der Waals surface area (Å²) >= 11 is 1.59. The molecule has 0 fully saturated rings. The number of hydrogen-bond acceptors (Lipinski definition) is 7. The highest BCUT2D eigenvalue weighted by molar-refractivity contribution is 7.98. The lowest BCUT2D eigenvalue weighted by Gasteiger charge is -2.25. The summed E-state index contributed by atoms with van der Waals surface area (Å²) in [5, 5.41) is 9.52. The smallest absolute Gasteiger partial charge is 0.227 e. The molecule has 0 spiro atoms. The van der Waals surface area contributed by atoms with Gasteiger partial charge in [-0.25, -0.2) is 0 Å². The van der Waals surface area contributed by atoms with Crippen LogP contribution in [0.2, 0.25) is 0 Å². The van der Waals surface area contributed by atoms with Crippen LogP contribution in [0.15, 0.2) is 60.5 Å². The van der Waals surface area contributed by atoms with E-state index in [1.165, 1.54) is 4.90 Å². The van der Waals surface area contributed by atoms with Crippen LogP contribution in [0.5, 0.6) is 11.5 Å². The van der Waals surface area contributed by atoms with Gasteiger partial charge in [0.15, 0.2) is 5.78 Å². The molecule has 0 atom stereocenters. The number of carbonyl (C=O) groups is 2.